The molecule has 0 radical (unpaired) electrons. The quantitative estimate of drug-likeness (QED) is 0.887. The summed E-state index contributed by atoms with van der Waals surface area (Å²) in [7, 11) is -3.35. The fourth-order valence-corrected chi connectivity index (χ4v) is 4.72. The van der Waals surface area contributed by atoms with Crippen LogP contribution in [0.1, 0.15) is 18.1 Å². The van der Waals surface area contributed by atoms with Crippen molar-refractivity contribution in [2.24, 2.45) is 0 Å². The van der Waals surface area contributed by atoms with Gasteiger partial charge in [0.15, 0.2) is 9.84 Å². The second kappa shape index (κ2) is 4.52. The molecule has 1 heterocycles. The Hall–Kier alpha value is -1.56. The van der Waals surface area contributed by atoms with Crippen molar-refractivity contribution in [3.8, 4) is 0 Å². The molecule has 0 fully saturated rings. The van der Waals surface area contributed by atoms with Crippen molar-refractivity contribution >= 4 is 21.5 Å². The fourth-order valence-electron chi connectivity index (χ4n) is 2.61. The predicted octanol–water partition coefficient (Wildman–Crippen LogP) is 1.37. The van der Waals surface area contributed by atoms with Gasteiger partial charge < -0.3 is 10.0 Å². The van der Waals surface area contributed by atoms with Gasteiger partial charge in [-0.25, -0.2) is 8.42 Å². The molecule has 1 atom stereocenters. The number of carbonyl (C=O) groups is 1. The van der Waals surface area contributed by atoms with Crippen molar-refractivity contribution in [1.82, 2.24) is 0 Å². The van der Waals surface area contributed by atoms with E-state index >= 15 is 0 Å². The van der Waals surface area contributed by atoms with Crippen LogP contribution in [0.2, 0.25) is 0 Å². The molecule has 0 aromatic heterocycles. The molecule has 0 amide bonds. The molecule has 6 heteroatoms. The molecule has 1 aliphatic heterocycles. The molecule has 0 saturated carbocycles. The first-order valence-corrected chi connectivity index (χ1v) is 7.70. The van der Waals surface area contributed by atoms with Gasteiger partial charge in [0.1, 0.15) is 6.54 Å². The number of fused-ring (bicyclic) bond motifs is 1. The summed E-state index contributed by atoms with van der Waals surface area (Å²) in [5.74, 6) is -1.00. The van der Waals surface area contributed by atoms with E-state index < -0.39 is 15.8 Å². The summed E-state index contributed by atoms with van der Waals surface area (Å²) in [6.07, 6.45) is 0. The monoisotopic (exact) mass is 283 g/mol. The lowest BCUT2D eigenvalue weighted by Crippen LogP contribution is -2.46. The van der Waals surface area contributed by atoms with E-state index in [1.807, 2.05) is 6.07 Å². The highest BCUT2D eigenvalue weighted by Crippen LogP contribution is 2.38. The van der Waals surface area contributed by atoms with Gasteiger partial charge in [-0.3, -0.25) is 4.79 Å². The van der Waals surface area contributed by atoms with Crippen molar-refractivity contribution in [2.75, 3.05) is 17.2 Å². The average molecular weight is 283 g/mol. The number of hydrogen-bond donors (Lipinski definition) is 1. The van der Waals surface area contributed by atoms with Gasteiger partial charge in [-0.2, -0.15) is 0 Å². The van der Waals surface area contributed by atoms with Gasteiger partial charge in [0.25, 0.3) is 0 Å². The van der Waals surface area contributed by atoms with E-state index in [9.17, 15) is 13.2 Å². The molecule has 0 bridgehead atoms. The van der Waals surface area contributed by atoms with E-state index in [1.54, 1.807) is 31.7 Å². The Bertz CT molecular complexity index is 636. The lowest BCUT2D eigenvalue weighted by atomic mass is 10.1. The normalized spacial score (nSPS) is 21.0. The standard InChI is InChI=1S/C13H17NO4S/c1-8-4-5-9(2)13-12(8)14(6-11(15)16)10(3)7-19(13,17)18/h4-5,10H,6-7H2,1-3H3,(H,15,16). The summed E-state index contributed by atoms with van der Waals surface area (Å²) in [6.45, 7) is 5.10. The first-order valence-electron chi connectivity index (χ1n) is 6.05. The van der Waals surface area contributed by atoms with Crippen molar-refractivity contribution in [2.45, 2.75) is 31.7 Å². The number of anilines is 1. The molecule has 0 saturated heterocycles. The maximum absolute atomic E-state index is 12.3. The third kappa shape index (κ3) is 2.32. The van der Waals surface area contributed by atoms with Crippen LogP contribution in [0.3, 0.4) is 0 Å². The summed E-state index contributed by atoms with van der Waals surface area (Å²) in [5.41, 5.74) is 2.00. The van der Waals surface area contributed by atoms with Crippen LogP contribution >= 0.6 is 0 Å². The number of rotatable bonds is 2. The van der Waals surface area contributed by atoms with E-state index in [-0.39, 0.29) is 23.2 Å². The summed E-state index contributed by atoms with van der Waals surface area (Å²) in [4.78, 5) is 12.9. The zero-order chi connectivity index (χ0) is 14.4. The van der Waals surface area contributed by atoms with Gasteiger partial charge in [-0.1, -0.05) is 12.1 Å². The van der Waals surface area contributed by atoms with Crippen LogP contribution in [0, 0.1) is 13.8 Å². The first kappa shape index (κ1) is 13.9. The molecule has 104 valence electrons. The zero-order valence-corrected chi connectivity index (χ0v) is 12.0. The van der Waals surface area contributed by atoms with Gasteiger partial charge in [0.05, 0.1) is 16.3 Å². The Labute approximate surface area is 112 Å². The molecule has 2 rings (SSSR count). The van der Waals surface area contributed by atoms with Crippen LogP contribution in [0.4, 0.5) is 5.69 Å². The van der Waals surface area contributed by atoms with Crippen molar-refractivity contribution in [1.29, 1.82) is 0 Å². The number of benzene rings is 1. The predicted molar refractivity (Wildman–Crippen MR) is 72.4 cm³/mol. The molecule has 1 unspecified atom stereocenters. The minimum Gasteiger partial charge on any atom is -0.480 e. The van der Waals surface area contributed by atoms with Crippen LogP contribution in [0.5, 0.6) is 0 Å². The van der Waals surface area contributed by atoms with E-state index in [4.69, 9.17) is 5.11 Å². The molecule has 0 spiro atoms. The fraction of sp³-hybridized carbons (Fsp3) is 0.462. The first-order chi connectivity index (χ1) is 8.74. The summed E-state index contributed by atoms with van der Waals surface area (Å²) < 4.78 is 24.6. The second-order valence-corrected chi connectivity index (χ2v) is 7.00. The molecule has 5 nitrogen and oxygen atoms in total. The van der Waals surface area contributed by atoms with E-state index in [2.05, 4.69) is 0 Å². The Morgan fingerprint density at radius 3 is 2.53 bits per heavy atom. The summed E-state index contributed by atoms with van der Waals surface area (Å²) in [6, 6.07) is 3.26. The largest absolute Gasteiger partial charge is 0.480 e. The minimum absolute atomic E-state index is 0.0441. The van der Waals surface area contributed by atoms with Crippen molar-refractivity contribution in [3.05, 3.63) is 23.3 Å². The number of aryl methyl sites for hydroxylation is 2. The maximum Gasteiger partial charge on any atom is 0.323 e. The van der Waals surface area contributed by atoms with Gasteiger partial charge in [-0.15, -0.1) is 0 Å². The number of carboxylic acid groups (broad SMARTS) is 1. The van der Waals surface area contributed by atoms with Gasteiger partial charge in [0.2, 0.25) is 0 Å². The highest BCUT2D eigenvalue weighted by Gasteiger charge is 2.36. The lowest BCUT2D eigenvalue weighted by molar-refractivity contribution is -0.135. The van der Waals surface area contributed by atoms with E-state index in [0.29, 0.717) is 11.3 Å². The molecule has 1 N–H and O–H groups in total. The number of sulfone groups is 1. The Balaban J connectivity index is 2.72. The third-order valence-corrected chi connectivity index (χ3v) is 5.49. The molecule has 19 heavy (non-hydrogen) atoms. The maximum atomic E-state index is 12.3. The van der Waals surface area contributed by atoms with Crippen LogP contribution < -0.4 is 4.90 Å². The molecule has 1 aromatic rings. The van der Waals surface area contributed by atoms with Crippen LogP contribution in [-0.4, -0.2) is 37.8 Å². The molecular formula is C13H17NO4S. The average Bonchev–Trinajstić information content (AvgIpc) is 2.26. The molecule has 1 aromatic carbocycles. The topological polar surface area (TPSA) is 74.7 Å². The van der Waals surface area contributed by atoms with Crippen molar-refractivity contribution in [3.63, 3.8) is 0 Å². The third-order valence-electron chi connectivity index (χ3n) is 3.43. The minimum atomic E-state index is -3.35. The van der Waals surface area contributed by atoms with E-state index in [1.165, 1.54) is 0 Å². The van der Waals surface area contributed by atoms with Crippen LogP contribution in [0.25, 0.3) is 0 Å². The molecular weight excluding hydrogens is 266 g/mol. The van der Waals surface area contributed by atoms with E-state index in [0.717, 1.165) is 5.56 Å². The highest BCUT2D eigenvalue weighted by molar-refractivity contribution is 7.91. The smallest absolute Gasteiger partial charge is 0.323 e. The number of nitrogens with zero attached hydrogens (tertiary/aromatic N) is 1. The van der Waals surface area contributed by atoms with Gasteiger partial charge in [-0.05, 0) is 31.9 Å². The van der Waals surface area contributed by atoms with Crippen molar-refractivity contribution < 1.29 is 18.3 Å². The Morgan fingerprint density at radius 2 is 1.95 bits per heavy atom. The van der Waals surface area contributed by atoms with Crippen LogP contribution in [0.15, 0.2) is 17.0 Å². The number of aliphatic carboxylic acids is 1. The Kier molecular flexibility index (Phi) is 3.30. The number of carboxylic acids is 1. The SMILES string of the molecule is Cc1ccc(C)c2c1N(CC(=O)O)C(C)CS2(=O)=O. The van der Waals surface area contributed by atoms with Gasteiger partial charge in [0, 0.05) is 6.04 Å². The lowest BCUT2D eigenvalue weighted by Gasteiger charge is -2.37. The summed E-state index contributed by atoms with van der Waals surface area (Å²) in [5, 5.41) is 9.01. The molecule has 1 aliphatic rings. The van der Waals surface area contributed by atoms with Gasteiger partial charge >= 0.3 is 5.97 Å². The highest BCUT2D eigenvalue weighted by atomic mass is 32.2. The number of hydrogen-bond acceptors (Lipinski definition) is 4. The Morgan fingerprint density at radius 1 is 1.37 bits per heavy atom. The van der Waals surface area contributed by atoms with Crippen LogP contribution in [-0.2, 0) is 14.6 Å². The second-order valence-electron chi connectivity index (χ2n) is 5.03. The summed E-state index contributed by atoms with van der Waals surface area (Å²) >= 11 is 0. The molecule has 0 aliphatic carbocycles. The zero-order valence-electron chi connectivity index (χ0n) is 11.2.